The van der Waals surface area contributed by atoms with Crippen LogP contribution in [0.3, 0.4) is 0 Å². The van der Waals surface area contributed by atoms with Gasteiger partial charge in [0.15, 0.2) is 0 Å². The summed E-state index contributed by atoms with van der Waals surface area (Å²) in [6.45, 7) is 0. The highest BCUT2D eigenvalue weighted by Crippen LogP contribution is 2.41. The molecule has 2 heteroatoms. The monoisotopic (exact) mass is 588 g/mol. The van der Waals surface area contributed by atoms with Gasteiger partial charge in [-0.05, 0) is 54.2 Å². The molecule has 218 valence electrons. The molecule has 0 aliphatic rings. The second-order valence-electron chi connectivity index (χ2n) is 11.7. The maximum atomic E-state index is 5.48. The molecule has 0 fully saturated rings. The fourth-order valence-corrected chi connectivity index (χ4v) is 6.73. The third kappa shape index (κ3) is 5.25. The molecule has 2 nitrogen and oxygen atoms in total. The van der Waals surface area contributed by atoms with E-state index in [1.165, 1.54) is 43.1 Å². The lowest BCUT2D eigenvalue weighted by atomic mass is 9.88. The largest absolute Gasteiger partial charge is 0.282 e. The molecule has 0 radical (unpaired) electrons. The van der Waals surface area contributed by atoms with Crippen LogP contribution in [0.2, 0.25) is 0 Å². The van der Waals surface area contributed by atoms with Gasteiger partial charge in [-0.2, -0.15) is 0 Å². The Bertz CT molecular complexity index is 2210. The van der Waals surface area contributed by atoms with Crippen LogP contribution < -0.4 is 0 Å². The van der Waals surface area contributed by atoms with Gasteiger partial charge in [0.05, 0.1) is 0 Å². The smallest absolute Gasteiger partial charge is 0.102 e. The number of benzene rings is 8. The van der Waals surface area contributed by atoms with Gasteiger partial charge in [-0.25, -0.2) is 0 Å². The van der Waals surface area contributed by atoms with Gasteiger partial charge in [-0.15, -0.1) is 0 Å². The zero-order valence-electron chi connectivity index (χ0n) is 25.4. The van der Waals surface area contributed by atoms with Crippen molar-refractivity contribution in [1.29, 1.82) is 0 Å². The molecular formula is C44H32N2. The summed E-state index contributed by atoms with van der Waals surface area (Å²) in [6, 6.07) is 59.5. The van der Waals surface area contributed by atoms with Crippen LogP contribution in [0.25, 0.3) is 43.1 Å². The van der Waals surface area contributed by atoms with Crippen LogP contribution in [0.1, 0.15) is 34.3 Å². The highest BCUT2D eigenvalue weighted by molar-refractivity contribution is 6.01. The second-order valence-corrected chi connectivity index (χ2v) is 11.7. The number of fused-ring (bicyclic) bond motifs is 4. The summed E-state index contributed by atoms with van der Waals surface area (Å²) in [6.07, 6.45) is 4.11. The Morgan fingerprint density at radius 3 is 1.02 bits per heavy atom. The molecule has 0 bridgehead atoms. The molecule has 2 unspecified atom stereocenters. The van der Waals surface area contributed by atoms with Crippen LogP contribution in [-0.4, -0.2) is 12.4 Å². The zero-order valence-corrected chi connectivity index (χ0v) is 25.4. The first-order valence-corrected chi connectivity index (χ1v) is 15.8. The first-order chi connectivity index (χ1) is 22.8. The molecular weight excluding hydrogens is 556 g/mol. The summed E-state index contributed by atoms with van der Waals surface area (Å²) in [5.74, 6) is 0. The summed E-state index contributed by atoms with van der Waals surface area (Å²) in [5, 5.41) is 9.55. The molecule has 0 aromatic heterocycles. The third-order valence-electron chi connectivity index (χ3n) is 8.98. The van der Waals surface area contributed by atoms with Crippen molar-refractivity contribution in [1.82, 2.24) is 0 Å². The lowest BCUT2D eigenvalue weighted by Crippen LogP contribution is -2.10. The molecule has 0 amide bonds. The van der Waals surface area contributed by atoms with Gasteiger partial charge in [0.1, 0.15) is 12.1 Å². The first-order valence-electron chi connectivity index (χ1n) is 15.8. The maximum Gasteiger partial charge on any atom is 0.102 e. The standard InChI is InChI=1S/C44H32N2/c1-5-23-37-31(13-1)17-9-21-35(37)29-45-43(41-27-11-19-33-15-3-7-25-39(33)41)44(42-28-12-20-34-16-4-8-26-40(34)42)46-30-36-22-10-18-32-14-2-6-24-38(32)36/h1-30,43-44H. The molecule has 8 rings (SSSR count). The number of rotatable bonds is 7. The summed E-state index contributed by atoms with van der Waals surface area (Å²) in [5.41, 5.74) is 4.50. The lowest BCUT2D eigenvalue weighted by Gasteiger charge is -2.25. The van der Waals surface area contributed by atoms with Crippen LogP contribution >= 0.6 is 0 Å². The predicted molar refractivity (Wildman–Crippen MR) is 196 cm³/mol. The summed E-state index contributed by atoms with van der Waals surface area (Å²) < 4.78 is 0. The van der Waals surface area contributed by atoms with Gasteiger partial charge in [0, 0.05) is 23.6 Å². The SMILES string of the molecule is C(=NC(c1cccc2ccccc12)C(N=Cc1cccc2ccccc12)c1cccc2ccccc12)c1cccc2ccccc12. The molecule has 0 aliphatic carbocycles. The van der Waals surface area contributed by atoms with Gasteiger partial charge >= 0.3 is 0 Å². The lowest BCUT2D eigenvalue weighted by molar-refractivity contribution is 0.591. The molecule has 8 aromatic carbocycles. The highest BCUT2D eigenvalue weighted by Gasteiger charge is 2.26. The van der Waals surface area contributed by atoms with Crippen molar-refractivity contribution in [3.8, 4) is 0 Å². The first kappa shape index (κ1) is 27.7. The Morgan fingerprint density at radius 2 is 0.609 bits per heavy atom. The Kier molecular flexibility index (Phi) is 7.38. The van der Waals surface area contributed by atoms with Gasteiger partial charge in [-0.3, -0.25) is 9.98 Å². The van der Waals surface area contributed by atoms with Gasteiger partial charge in [-0.1, -0.05) is 170 Å². The summed E-state index contributed by atoms with van der Waals surface area (Å²) >= 11 is 0. The van der Waals surface area contributed by atoms with Crippen molar-refractivity contribution in [2.24, 2.45) is 9.98 Å². The highest BCUT2D eigenvalue weighted by atomic mass is 14.9. The fourth-order valence-electron chi connectivity index (χ4n) is 6.73. The van der Waals surface area contributed by atoms with Crippen LogP contribution in [0.15, 0.2) is 180 Å². The van der Waals surface area contributed by atoms with Crippen LogP contribution in [-0.2, 0) is 0 Å². The van der Waals surface area contributed by atoms with Crippen molar-refractivity contribution in [3.63, 3.8) is 0 Å². The Morgan fingerprint density at radius 1 is 0.304 bits per heavy atom. The minimum atomic E-state index is -0.290. The van der Waals surface area contributed by atoms with E-state index in [0.29, 0.717) is 0 Å². The van der Waals surface area contributed by atoms with E-state index < -0.39 is 0 Å². The second kappa shape index (κ2) is 12.3. The quantitative estimate of drug-likeness (QED) is 0.165. The minimum absolute atomic E-state index is 0.290. The van der Waals surface area contributed by atoms with E-state index in [9.17, 15) is 0 Å². The number of hydrogen-bond acceptors (Lipinski definition) is 2. The van der Waals surface area contributed by atoms with E-state index in [1.54, 1.807) is 0 Å². The van der Waals surface area contributed by atoms with Crippen molar-refractivity contribution in [2.75, 3.05) is 0 Å². The topological polar surface area (TPSA) is 24.7 Å². The van der Waals surface area contributed by atoms with Gasteiger partial charge in [0.2, 0.25) is 0 Å². The van der Waals surface area contributed by atoms with E-state index in [-0.39, 0.29) is 12.1 Å². The van der Waals surface area contributed by atoms with Crippen LogP contribution in [0, 0.1) is 0 Å². The molecule has 2 atom stereocenters. The van der Waals surface area contributed by atoms with E-state index >= 15 is 0 Å². The van der Waals surface area contributed by atoms with E-state index in [4.69, 9.17) is 9.98 Å². The number of nitrogens with zero attached hydrogens (tertiary/aromatic N) is 2. The Hall–Kier alpha value is -5.86. The van der Waals surface area contributed by atoms with E-state index in [1.807, 2.05) is 0 Å². The summed E-state index contributed by atoms with van der Waals surface area (Å²) in [4.78, 5) is 11.0. The van der Waals surface area contributed by atoms with Crippen molar-refractivity contribution in [2.45, 2.75) is 12.1 Å². The van der Waals surface area contributed by atoms with Crippen LogP contribution in [0.4, 0.5) is 0 Å². The van der Waals surface area contributed by atoms with Crippen molar-refractivity contribution < 1.29 is 0 Å². The van der Waals surface area contributed by atoms with Crippen molar-refractivity contribution in [3.05, 3.63) is 192 Å². The molecule has 0 heterocycles. The van der Waals surface area contributed by atoms with Crippen LogP contribution in [0.5, 0.6) is 0 Å². The molecule has 0 saturated heterocycles. The zero-order chi connectivity index (χ0) is 30.7. The molecule has 0 saturated carbocycles. The normalized spacial score (nSPS) is 13.3. The Labute approximate surface area is 269 Å². The molecule has 8 aromatic rings. The van der Waals surface area contributed by atoms with E-state index in [0.717, 1.165) is 22.3 Å². The average molecular weight is 589 g/mol. The van der Waals surface area contributed by atoms with Gasteiger partial charge < -0.3 is 0 Å². The van der Waals surface area contributed by atoms with Gasteiger partial charge in [0.25, 0.3) is 0 Å². The third-order valence-corrected chi connectivity index (χ3v) is 8.98. The molecule has 46 heavy (non-hydrogen) atoms. The number of aliphatic imine (C=N–C) groups is 2. The maximum absolute atomic E-state index is 5.48. The predicted octanol–water partition coefficient (Wildman–Crippen LogP) is 11.3. The van der Waals surface area contributed by atoms with Crippen molar-refractivity contribution >= 4 is 55.5 Å². The summed E-state index contributed by atoms with van der Waals surface area (Å²) in [7, 11) is 0. The molecule has 0 N–H and O–H groups in total. The minimum Gasteiger partial charge on any atom is -0.282 e. The van der Waals surface area contributed by atoms with E-state index in [2.05, 4.69) is 182 Å². The fraction of sp³-hybridized carbons (Fsp3) is 0.0455. The molecule has 0 aliphatic heterocycles. The number of hydrogen-bond donors (Lipinski definition) is 0. The average Bonchev–Trinajstić information content (AvgIpc) is 3.12. The molecule has 0 spiro atoms. The Balaban J connectivity index is 1.37.